The van der Waals surface area contributed by atoms with Crippen LogP contribution >= 0.6 is 24.8 Å². The summed E-state index contributed by atoms with van der Waals surface area (Å²) in [6.45, 7) is 5.71. The first-order valence-electron chi connectivity index (χ1n) is 9.52. The van der Waals surface area contributed by atoms with Crippen molar-refractivity contribution in [2.24, 2.45) is 5.92 Å². The molecule has 2 aliphatic rings. The number of rotatable bonds is 6. The smallest absolute Gasteiger partial charge is 0.252 e. The van der Waals surface area contributed by atoms with Gasteiger partial charge in [0.1, 0.15) is 5.60 Å². The number of hydrogen-bond acceptors (Lipinski definition) is 4. The number of carbonyl (C=O) groups excluding carboxylic acids is 1. The Kier molecular flexibility index (Phi) is 10.6. The number of halogens is 2. The number of nitrogens with one attached hydrogen (secondary N) is 2. The third-order valence-corrected chi connectivity index (χ3v) is 5.72. The van der Waals surface area contributed by atoms with Gasteiger partial charge in [-0.25, -0.2) is 0 Å². The van der Waals surface area contributed by atoms with Crippen LogP contribution in [0.15, 0.2) is 30.3 Å². The number of likely N-dealkylation sites (tertiary alicyclic amines) is 1. The lowest BCUT2D eigenvalue weighted by Crippen LogP contribution is -2.55. The van der Waals surface area contributed by atoms with E-state index in [1.165, 1.54) is 5.56 Å². The van der Waals surface area contributed by atoms with Crippen LogP contribution in [-0.4, -0.2) is 56.2 Å². The fraction of sp³-hybridized carbons (Fsp3) is 0.650. The van der Waals surface area contributed by atoms with Gasteiger partial charge >= 0.3 is 0 Å². The van der Waals surface area contributed by atoms with E-state index < -0.39 is 5.60 Å². The van der Waals surface area contributed by atoms with Crippen LogP contribution in [0.5, 0.6) is 0 Å². The second-order valence-electron chi connectivity index (χ2n) is 7.36. The maximum atomic E-state index is 12.6. The Morgan fingerprint density at radius 3 is 2.41 bits per heavy atom. The van der Waals surface area contributed by atoms with E-state index in [0.29, 0.717) is 5.92 Å². The van der Waals surface area contributed by atoms with Crippen molar-refractivity contribution >= 4 is 30.7 Å². The van der Waals surface area contributed by atoms with Crippen LogP contribution in [-0.2, 0) is 16.1 Å². The van der Waals surface area contributed by atoms with E-state index in [9.17, 15) is 4.79 Å². The maximum Gasteiger partial charge on any atom is 0.252 e. The average Bonchev–Trinajstić information content (AvgIpc) is 2.68. The topological polar surface area (TPSA) is 53.6 Å². The summed E-state index contributed by atoms with van der Waals surface area (Å²) in [5.74, 6) is 0.648. The van der Waals surface area contributed by atoms with E-state index in [2.05, 4.69) is 45.9 Å². The molecule has 1 amide bonds. The van der Waals surface area contributed by atoms with Gasteiger partial charge in [0, 0.05) is 20.2 Å². The van der Waals surface area contributed by atoms with Crippen molar-refractivity contribution < 1.29 is 9.53 Å². The number of ether oxygens (including phenoxy) is 1. The highest BCUT2D eigenvalue weighted by atomic mass is 35.5. The first-order chi connectivity index (χ1) is 12.2. The molecule has 5 nitrogen and oxygen atoms in total. The monoisotopic (exact) mass is 417 g/mol. The number of carbonyl (C=O) groups is 1. The van der Waals surface area contributed by atoms with E-state index in [1.807, 2.05) is 0 Å². The van der Waals surface area contributed by atoms with Crippen LogP contribution < -0.4 is 10.6 Å². The van der Waals surface area contributed by atoms with Gasteiger partial charge in [-0.15, -0.1) is 24.8 Å². The van der Waals surface area contributed by atoms with Crippen LogP contribution in [0.25, 0.3) is 0 Å². The molecule has 2 aliphatic heterocycles. The molecule has 0 saturated carbocycles. The molecule has 0 spiro atoms. The first-order valence-corrected chi connectivity index (χ1v) is 9.52. The second-order valence-corrected chi connectivity index (χ2v) is 7.36. The van der Waals surface area contributed by atoms with E-state index >= 15 is 0 Å². The van der Waals surface area contributed by atoms with Gasteiger partial charge in [-0.2, -0.15) is 0 Å². The fourth-order valence-corrected chi connectivity index (χ4v) is 3.94. The minimum atomic E-state index is -0.626. The van der Waals surface area contributed by atoms with Gasteiger partial charge in [0.25, 0.3) is 5.91 Å². The Morgan fingerprint density at radius 1 is 1.19 bits per heavy atom. The number of hydrogen-bond donors (Lipinski definition) is 2. The number of piperidine rings is 2. The second kappa shape index (κ2) is 11.9. The quantitative estimate of drug-likeness (QED) is 0.746. The summed E-state index contributed by atoms with van der Waals surface area (Å²) < 4.78 is 5.60. The zero-order chi connectivity index (χ0) is 17.5. The van der Waals surface area contributed by atoms with Crippen molar-refractivity contribution in [1.29, 1.82) is 0 Å². The summed E-state index contributed by atoms with van der Waals surface area (Å²) in [5.41, 5.74) is 0.751. The predicted octanol–water partition coefficient (Wildman–Crippen LogP) is 2.63. The standard InChI is InChI=1S/C20H31N3O2.2ClH/c1-25-20(9-11-21-12-10-20)19(24)22-15-17-7-13-23(14-8-17)16-18-5-3-2-4-6-18;;/h2-6,17,21H,7-16H2,1H3,(H,22,24);2*1H. The summed E-state index contributed by atoms with van der Waals surface area (Å²) in [7, 11) is 1.66. The molecule has 2 fully saturated rings. The third kappa shape index (κ3) is 6.61. The number of benzene rings is 1. The fourth-order valence-electron chi connectivity index (χ4n) is 3.94. The molecule has 0 aliphatic carbocycles. The summed E-state index contributed by atoms with van der Waals surface area (Å²) >= 11 is 0. The van der Waals surface area contributed by atoms with Crippen molar-refractivity contribution in [2.45, 2.75) is 37.8 Å². The van der Waals surface area contributed by atoms with Gasteiger partial charge < -0.3 is 15.4 Å². The molecular weight excluding hydrogens is 385 g/mol. The minimum Gasteiger partial charge on any atom is -0.368 e. The van der Waals surface area contributed by atoms with Crippen LogP contribution in [0.2, 0.25) is 0 Å². The normalized spacial score (nSPS) is 20.2. The first kappa shape index (κ1) is 24.2. The van der Waals surface area contributed by atoms with Crippen molar-refractivity contribution in [2.75, 3.05) is 39.8 Å². The minimum absolute atomic E-state index is 0. The van der Waals surface area contributed by atoms with Gasteiger partial charge in [0.2, 0.25) is 0 Å². The zero-order valence-corrected chi connectivity index (χ0v) is 17.7. The van der Waals surface area contributed by atoms with Gasteiger partial charge in [0.15, 0.2) is 0 Å². The van der Waals surface area contributed by atoms with Crippen LogP contribution in [0.4, 0.5) is 0 Å². The largest absolute Gasteiger partial charge is 0.368 e. The van der Waals surface area contributed by atoms with E-state index in [4.69, 9.17) is 4.74 Å². The van der Waals surface area contributed by atoms with E-state index in [0.717, 1.165) is 65.0 Å². The predicted molar refractivity (Wildman–Crippen MR) is 114 cm³/mol. The SMILES string of the molecule is COC1(C(=O)NCC2CCN(Cc3ccccc3)CC2)CCNCC1.Cl.Cl. The zero-order valence-electron chi connectivity index (χ0n) is 16.1. The van der Waals surface area contributed by atoms with Gasteiger partial charge in [-0.3, -0.25) is 9.69 Å². The molecule has 27 heavy (non-hydrogen) atoms. The Bertz CT molecular complexity index is 545. The lowest BCUT2D eigenvalue weighted by molar-refractivity contribution is -0.147. The van der Waals surface area contributed by atoms with Gasteiger partial charge in [-0.05, 0) is 63.3 Å². The summed E-state index contributed by atoms with van der Waals surface area (Å²) in [6, 6.07) is 10.6. The number of amides is 1. The highest BCUT2D eigenvalue weighted by molar-refractivity contribution is 5.86. The third-order valence-electron chi connectivity index (χ3n) is 5.72. The van der Waals surface area contributed by atoms with Crippen molar-refractivity contribution in [3.63, 3.8) is 0 Å². The highest BCUT2D eigenvalue weighted by Gasteiger charge is 2.39. The van der Waals surface area contributed by atoms with E-state index in [1.54, 1.807) is 7.11 Å². The lowest BCUT2D eigenvalue weighted by atomic mass is 9.90. The van der Waals surface area contributed by atoms with Crippen molar-refractivity contribution in [3.8, 4) is 0 Å². The van der Waals surface area contributed by atoms with Gasteiger partial charge in [0.05, 0.1) is 0 Å². The molecule has 1 aromatic carbocycles. The molecule has 1 aromatic rings. The summed E-state index contributed by atoms with van der Waals surface area (Å²) in [6.07, 6.45) is 3.80. The Morgan fingerprint density at radius 2 is 1.81 bits per heavy atom. The van der Waals surface area contributed by atoms with E-state index in [-0.39, 0.29) is 30.7 Å². The summed E-state index contributed by atoms with van der Waals surface area (Å²) in [4.78, 5) is 15.1. The molecule has 2 heterocycles. The molecule has 0 radical (unpaired) electrons. The number of methoxy groups -OCH3 is 1. The molecule has 154 valence electrons. The summed E-state index contributed by atoms with van der Waals surface area (Å²) in [5, 5.41) is 6.46. The molecular formula is C20H33Cl2N3O2. The maximum absolute atomic E-state index is 12.6. The molecule has 2 saturated heterocycles. The van der Waals surface area contributed by atoms with Crippen LogP contribution in [0.1, 0.15) is 31.2 Å². The molecule has 7 heteroatoms. The highest BCUT2D eigenvalue weighted by Crippen LogP contribution is 2.23. The Labute approximate surface area is 175 Å². The molecule has 3 rings (SSSR count). The number of nitrogens with zero attached hydrogens (tertiary/aromatic N) is 1. The molecule has 0 bridgehead atoms. The Hall–Kier alpha value is -0.850. The average molecular weight is 418 g/mol. The molecule has 0 aromatic heterocycles. The van der Waals surface area contributed by atoms with Crippen molar-refractivity contribution in [1.82, 2.24) is 15.5 Å². The van der Waals surface area contributed by atoms with Crippen LogP contribution in [0.3, 0.4) is 0 Å². The van der Waals surface area contributed by atoms with Gasteiger partial charge in [-0.1, -0.05) is 30.3 Å². The van der Waals surface area contributed by atoms with Crippen LogP contribution in [0, 0.1) is 5.92 Å². The van der Waals surface area contributed by atoms with Crippen molar-refractivity contribution in [3.05, 3.63) is 35.9 Å². The molecule has 0 unspecified atom stereocenters. The lowest BCUT2D eigenvalue weighted by Gasteiger charge is -2.36. The molecule has 2 N–H and O–H groups in total. The molecule has 0 atom stereocenters. The Balaban J connectivity index is 0.00000182.